The van der Waals surface area contributed by atoms with Crippen molar-refractivity contribution in [1.29, 1.82) is 0 Å². The molecule has 158 valence electrons. The van der Waals surface area contributed by atoms with E-state index in [1.54, 1.807) is 16.7 Å². The van der Waals surface area contributed by atoms with Crippen molar-refractivity contribution < 1.29 is 8.42 Å². The highest BCUT2D eigenvalue weighted by atomic mass is 32.2. The van der Waals surface area contributed by atoms with Crippen LogP contribution in [0, 0.1) is 0 Å². The molecular weight excluding hydrogens is 412 g/mol. The Morgan fingerprint density at radius 3 is 2.48 bits per heavy atom. The summed E-state index contributed by atoms with van der Waals surface area (Å²) in [6.45, 7) is 5.47. The molecule has 29 heavy (non-hydrogen) atoms. The molecule has 2 heterocycles. The van der Waals surface area contributed by atoms with Gasteiger partial charge >= 0.3 is 5.69 Å². The molecule has 0 saturated heterocycles. The Bertz CT molecular complexity index is 1160. The van der Waals surface area contributed by atoms with Crippen LogP contribution < -0.4 is 5.69 Å². The van der Waals surface area contributed by atoms with Gasteiger partial charge in [0.1, 0.15) is 5.82 Å². The van der Waals surface area contributed by atoms with Gasteiger partial charge in [-0.3, -0.25) is 4.57 Å². The number of hydrogen-bond donors (Lipinski definition) is 1. The SMILES string of the molecule is CCCn1c(SCc2nc3cc(S(=O)(=O)N(C)C)ccc3n2CCC)n[nH]c1=O. The van der Waals surface area contributed by atoms with E-state index in [1.165, 1.54) is 30.2 Å². The number of aromatic amines is 1. The van der Waals surface area contributed by atoms with Crippen LogP contribution >= 0.6 is 11.8 Å². The van der Waals surface area contributed by atoms with Crippen LogP contribution in [-0.2, 0) is 28.9 Å². The number of benzene rings is 1. The van der Waals surface area contributed by atoms with Crippen LogP contribution in [0.2, 0.25) is 0 Å². The predicted molar refractivity (Wildman–Crippen MR) is 114 cm³/mol. The molecule has 0 bridgehead atoms. The van der Waals surface area contributed by atoms with Crippen molar-refractivity contribution in [3.05, 3.63) is 34.5 Å². The summed E-state index contributed by atoms with van der Waals surface area (Å²) in [5.41, 5.74) is 1.33. The van der Waals surface area contributed by atoms with Crippen molar-refractivity contribution in [1.82, 2.24) is 28.6 Å². The Balaban J connectivity index is 1.97. The summed E-state index contributed by atoms with van der Waals surface area (Å²) in [4.78, 5) is 16.8. The zero-order valence-corrected chi connectivity index (χ0v) is 18.7. The molecule has 0 amide bonds. The van der Waals surface area contributed by atoms with E-state index in [4.69, 9.17) is 4.98 Å². The fraction of sp³-hybridized carbons (Fsp3) is 0.500. The number of rotatable bonds is 9. The minimum Gasteiger partial charge on any atom is -0.327 e. The largest absolute Gasteiger partial charge is 0.343 e. The molecule has 11 heteroatoms. The molecular formula is C18H26N6O3S2. The molecule has 0 spiro atoms. The monoisotopic (exact) mass is 438 g/mol. The van der Waals surface area contributed by atoms with Crippen LogP contribution in [0.15, 0.2) is 33.0 Å². The molecule has 1 aromatic carbocycles. The summed E-state index contributed by atoms with van der Waals surface area (Å²) in [6, 6.07) is 5.05. The van der Waals surface area contributed by atoms with Crippen molar-refractivity contribution in [2.45, 2.75) is 55.6 Å². The minimum absolute atomic E-state index is 0.213. The van der Waals surface area contributed by atoms with Crippen LogP contribution in [0.3, 0.4) is 0 Å². The van der Waals surface area contributed by atoms with E-state index in [2.05, 4.69) is 21.7 Å². The van der Waals surface area contributed by atoms with Crippen molar-refractivity contribution >= 4 is 32.8 Å². The number of H-pyrrole nitrogens is 1. The maximum atomic E-state index is 12.4. The number of sulfonamides is 1. The predicted octanol–water partition coefficient (Wildman–Crippen LogP) is 2.28. The van der Waals surface area contributed by atoms with Gasteiger partial charge in [0.15, 0.2) is 5.16 Å². The second-order valence-electron chi connectivity index (χ2n) is 6.87. The third-order valence-electron chi connectivity index (χ3n) is 4.53. The van der Waals surface area contributed by atoms with Crippen LogP contribution in [0.4, 0.5) is 0 Å². The lowest BCUT2D eigenvalue weighted by atomic mass is 10.3. The maximum Gasteiger partial charge on any atom is 0.343 e. The third-order valence-corrected chi connectivity index (χ3v) is 7.31. The van der Waals surface area contributed by atoms with Crippen LogP contribution in [0.5, 0.6) is 0 Å². The minimum atomic E-state index is -3.52. The number of hydrogen-bond acceptors (Lipinski definition) is 6. The van der Waals surface area contributed by atoms with Crippen molar-refractivity contribution in [3.63, 3.8) is 0 Å². The molecule has 1 N–H and O–H groups in total. The molecule has 0 aliphatic heterocycles. The quantitative estimate of drug-likeness (QED) is 0.514. The molecule has 0 aliphatic carbocycles. The van der Waals surface area contributed by atoms with Crippen LogP contribution in [0.1, 0.15) is 32.5 Å². The number of aromatic nitrogens is 5. The third kappa shape index (κ3) is 4.26. The lowest BCUT2D eigenvalue weighted by Crippen LogP contribution is -2.22. The summed E-state index contributed by atoms with van der Waals surface area (Å²) in [5, 5.41) is 7.24. The zero-order chi connectivity index (χ0) is 21.2. The number of fused-ring (bicyclic) bond motifs is 1. The summed E-state index contributed by atoms with van der Waals surface area (Å²) >= 11 is 1.44. The lowest BCUT2D eigenvalue weighted by molar-refractivity contribution is 0.521. The zero-order valence-electron chi connectivity index (χ0n) is 17.0. The molecule has 3 rings (SSSR count). The van der Waals surface area contributed by atoms with Crippen molar-refractivity contribution in [3.8, 4) is 0 Å². The van der Waals surface area contributed by atoms with Gasteiger partial charge in [0.25, 0.3) is 0 Å². The second-order valence-corrected chi connectivity index (χ2v) is 9.96. The van der Waals surface area contributed by atoms with E-state index in [0.29, 0.717) is 23.0 Å². The van der Waals surface area contributed by atoms with E-state index in [-0.39, 0.29) is 10.6 Å². The van der Waals surface area contributed by atoms with Gasteiger partial charge in [-0.1, -0.05) is 25.6 Å². The number of thioether (sulfide) groups is 1. The van der Waals surface area contributed by atoms with Gasteiger partial charge in [-0.15, -0.1) is 5.10 Å². The first kappa shape index (κ1) is 21.6. The second kappa shape index (κ2) is 8.72. The molecule has 2 aromatic heterocycles. The van der Waals surface area contributed by atoms with E-state index in [9.17, 15) is 13.2 Å². The molecule has 0 radical (unpaired) electrons. The Morgan fingerprint density at radius 1 is 1.14 bits per heavy atom. The van der Waals surface area contributed by atoms with E-state index < -0.39 is 10.0 Å². The standard InChI is InChI=1S/C18H26N6O3S2/c1-5-9-23-15-8-7-13(29(26,27)22(3)4)11-14(15)19-16(23)12-28-18-21-20-17(25)24(18)10-6-2/h7-8,11H,5-6,9-10,12H2,1-4H3,(H,20,25). The number of aryl methyl sites for hydroxylation is 1. The first-order valence-electron chi connectivity index (χ1n) is 9.49. The molecule has 0 fully saturated rings. The molecule has 0 atom stereocenters. The van der Waals surface area contributed by atoms with Gasteiger partial charge in [0.05, 0.1) is 21.7 Å². The average Bonchev–Trinajstić information content (AvgIpc) is 3.21. The maximum absolute atomic E-state index is 12.4. The summed E-state index contributed by atoms with van der Waals surface area (Å²) < 4.78 is 29.8. The fourth-order valence-electron chi connectivity index (χ4n) is 3.08. The highest BCUT2D eigenvalue weighted by Crippen LogP contribution is 2.26. The van der Waals surface area contributed by atoms with Gasteiger partial charge in [-0.2, -0.15) is 0 Å². The van der Waals surface area contributed by atoms with Gasteiger partial charge < -0.3 is 4.57 Å². The molecule has 0 aliphatic rings. The summed E-state index contributed by atoms with van der Waals surface area (Å²) in [7, 11) is -0.500. The Kier molecular flexibility index (Phi) is 6.49. The van der Waals surface area contributed by atoms with E-state index in [1.807, 2.05) is 13.0 Å². The fourth-order valence-corrected chi connectivity index (χ4v) is 4.92. The Hall–Kier alpha value is -2.11. The summed E-state index contributed by atoms with van der Waals surface area (Å²) in [6.07, 6.45) is 1.76. The smallest absolute Gasteiger partial charge is 0.327 e. The summed E-state index contributed by atoms with van der Waals surface area (Å²) in [5.74, 6) is 1.35. The highest BCUT2D eigenvalue weighted by molar-refractivity contribution is 7.98. The molecule has 0 saturated carbocycles. The van der Waals surface area contributed by atoms with E-state index >= 15 is 0 Å². The number of nitrogens with zero attached hydrogens (tertiary/aromatic N) is 5. The van der Waals surface area contributed by atoms with Crippen molar-refractivity contribution in [2.75, 3.05) is 14.1 Å². The first-order valence-corrected chi connectivity index (χ1v) is 11.9. The topological polar surface area (TPSA) is 106 Å². The number of imidazole rings is 1. The Morgan fingerprint density at radius 2 is 1.83 bits per heavy atom. The van der Waals surface area contributed by atoms with Crippen LogP contribution in [-0.4, -0.2) is 51.1 Å². The first-order chi connectivity index (χ1) is 13.8. The van der Waals surface area contributed by atoms with Crippen molar-refractivity contribution in [2.24, 2.45) is 0 Å². The molecule has 3 aromatic rings. The van der Waals surface area contributed by atoms with Crippen LogP contribution in [0.25, 0.3) is 11.0 Å². The highest BCUT2D eigenvalue weighted by Gasteiger charge is 2.20. The molecule has 0 unspecified atom stereocenters. The molecule has 9 nitrogen and oxygen atoms in total. The lowest BCUT2D eigenvalue weighted by Gasteiger charge is -2.11. The average molecular weight is 439 g/mol. The van der Waals surface area contributed by atoms with Gasteiger partial charge in [0, 0.05) is 27.2 Å². The van der Waals surface area contributed by atoms with E-state index in [0.717, 1.165) is 30.7 Å². The van der Waals surface area contributed by atoms with Gasteiger partial charge in [0.2, 0.25) is 10.0 Å². The van der Waals surface area contributed by atoms with Gasteiger partial charge in [-0.25, -0.2) is 27.6 Å². The normalized spacial score (nSPS) is 12.3. The Labute approximate surface area is 174 Å². The van der Waals surface area contributed by atoms with Gasteiger partial charge in [-0.05, 0) is 31.0 Å². The number of nitrogens with one attached hydrogen (secondary N) is 1.